The first-order valence-electron chi connectivity index (χ1n) is 8.55. The average Bonchev–Trinajstić information content (AvgIpc) is 2.73. The van der Waals surface area contributed by atoms with Gasteiger partial charge in [-0.05, 0) is 46.5 Å². The summed E-state index contributed by atoms with van der Waals surface area (Å²) in [5.41, 5.74) is 5.59. The standard InChI is InChI=1S/C12H10OS.C12H8/c13-14(11-7-3-1-4-8-11)12-9-5-2-6-10-12;1-2-6-10-9(5-1)11-7-3-4-8-12(10)11/h1-10H;1-8H. The Hall–Kier alpha value is -2.81. The summed E-state index contributed by atoms with van der Waals surface area (Å²) in [6.45, 7) is 0. The van der Waals surface area contributed by atoms with Crippen LogP contribution in [0.3, 0.4) is 0 Å². The summed E-state index contributed by atoms with van der Waals surface area (Å²) >= 11 is -1.05. The fourth-order valence-electron chi connectivity index (χ4n) is 3.07. The number of fused-ring (bicyclic) bond motifs is 4. The van der Waals surface area contributed by atoms with Crippen molar-refractivity contribution in [2.24, 2.45) is 0 Å². The summed E-state index contributed by atoms with van der Waals surface area (Å²) in [5.74, 6) is 0. The molecule has 126 valence electrons. The quantitative estimate of drug-likeness (QED) is 0.347. The molecule has 0 unspecified atom stereocenters. The van der Waals surface area contributed by atoms with E-state index in [0.717, 1.165) is 9.79 Å². The van der Waals surface area contributed by atoms with Gasteiger partial charge < -0.3 is 4.55 Å². The van der Waals surface area contributed by atoms with Gasteiger partial charge >= 0.3 is 0 Å². The first-order chi connectivity index (χ1) is 12.8. The van der Waals surface area contributed by atoms with Crippen LogP contribution in [0.15, 0.2) is 119 Å². The molecule has 4 aromatic carbocycles. The number of benzene rings is 4. The first-order valence-corrected chi connectivity index (χ1v) is 9.70. The highest BCUT2D eigenvalue weighted by Gasteiger charge is 2.19. The van der Waals surface area contributed by atoms with Crippen LogP contribution in [0.4, 0.5) is 0 Å². The van der Waals surface area contributed by atoms with E-state index in [4.69, 9.17) is 0 Å². The van der Waals surface area contributed by atoms with Crippen LogP contribution >= 0.6 is 0 Å². The molecule has 0 spiro atoms. The van der Waals surface area contributed by atoms with Crippen LogP contribution in [0.5, 0.6) is 0 Å². The van der Waals surface area contributed by atoms with Gasteiger partial charge in [-0.15, -0.1) is 0 Å². The van der Waals surface area contributed by atoms with Gasteiger partial charge in [0.15, 0.2) is 9.79 Å². The SMILES string of the molecule is [O-][S+](c1ccccc1)c1ccccc1.c1ccc2c(c1)-c1ccccc1-2. The van der Waals surface area contributed by atoms with Gasteiger partial charge in [-0.25, -0.2) is 0 Å². The summed E-state index contributed by atoms with van der Waals surface area (Å²) in [5, 5.41) is 0. The third kappa shape index (κ3) is 3.30. The van der Waals surface area contributed by atoms with Gasteiger partial charge in [-0.3, -0.25) is 0 Å². The van der Waals surface area contributed by atoms with Crippen LogP contribution in [0.1, 0.15) is 0 Å². The van der Waals surface area contributed by atoms with Crippen LogP contribution in [0.2, 0.25) is 0 Å². The molecule has 26 heavy (non-hydrogen) atoms. The lowest BCUT2D eigenvalue weighted by Crippen LogP contribution is -2.00. The van der Waals surface area contributed by atoms with E-state index in [9.17, 15) is 4.55 Å². The van der Waals surface area contributed by atoms with Crippen molar-refractivity contribution in [1.29, 1.82) is 0 Å². The summed E-state index contributed by atoms with van der Waals surface area (Å²) < 4.78 is 12.0. The van der Waals surface area contributed by atoms with Crippen molar-refractivity contribution in [3.63, 3.8) is 0 Å². The molecule has 0 fully saturated rings. The summed E-state index contributed by atoms with van der Waals surface area (Å²) in [7, 11) is 0. The van der Waals surface area contributed by atoms with Gasteiger partial charge in [0.25, 0.3) is 0 Å². The minimum absolute atomic E-state index is 0.846. The normalized spacial score (nSPS) is 10.8. The molecule has 4 aromatic rings. The molecular formula is C24H18OS. The van der Waals surface area contributed by atoms with E-state index in [0.29, 0.717) is 0 Å². The molecule has 0 heterocycles. The van der Waals surface area contributed by atoms with E-state index in [1.165, 1.54) is 22.3 Å². The van der Waals surface area contributed by atoms with E-state index in [1.807, 2.05) is 60.7 Å². The van der Waals surface area contributed by atoms with Gasteiger partial charge in [-0.2, -0.15) is 0 Å². The lowest BCUT2D eigenvalue weighted by molar-refractivity contribution is 0.595. The second kappa shape index (κ2) is 7.61. The first kappa shape index (κ1) is 16.6. The maximum Gasteiger partial charge on any atom is 0.158 e. The third-order valence-corrected chi connectivity index (χ3v) is 5.75. The van der Waals surface area contributed by atoms with E-state index >= 15 is 0 Å². The molecule has 1 nitrogen and oxygen atoms in total. The van der Waals surface area contributed by atoms with Gasteiger partial charge in [0.2, 0.25) is 0 Å². The highest BCUT2D eigenvalue weighted by Crippen LogP contribution is 2.46. The fourth-order valence-corrected chi connectivity index (χ4v) is 4.15. The molecule has 0 saturated carbocycles. The zero-order valence-electron chi connectivity index (χ0n) is 14.2. The Labute approximate surface area is 157 Å². The van der Waals surface area contributed by atoms with Crippen molar-refractivity contribution < 1.29 is 4.55 Å². The molecule has 2 heteroatoms. The zero-order valence-corrected chi connectivity index (χ0v) is 15.0. The van der Waals surface area contributed by atoms with E-state index in [1.54, 1.807) is 0 Å². The molecule has 0 bridgehead atoms. The molecule has 0 amide bonds. The molecule has 0 aliphatic heterocycles. The lowest BCUT2D eigenvalue weighted by Gasteiger charge is -2.22. The van der Waals surface area contributed by atoms with Crippen molar-refractivity contribution in [2.75, 3.05) is 0 Å². The fraction of sp³-hybridized carbons (Fsp3) is 0. The largest absolute Gasteiger partial charge is 0.606 e. The Morgan fingerprint density at radius 3 is 0.962 bits per heavy atom. The van der Waals surface area contributed by atoms with Crippen molar-refractivity contribution in [3.05, 3.63) is 109 Å². The van der Waals surface area contributed by atoms with Crippen molar-refractivity contribution in [1.82, 2.24) is 0 Å². The minimum atomic E-state index is -1.05. The van der Waals surface area contributed by atoms with Crippen LogP contribution in [-0.2, 0) is 11.2 Å². The van der Waals surface area contributed by atoms with E-state index in [2.05, 4.69) is 48.5 Å². The van der Waals surface area contributed by atoms with Gasteiger partial charge in [0, 0.05) is 11.2 Å². The predicted octanol–water partition coefficient (Wildman–Crippen LogP) is 6.19. The maximum atomic E-state index is 12.0. The molecular weight excluding hydrogens is 336 g/mol. The molecule has 1 aliphatic carbocycles. The summed E-state index contributed by atoms with van der Waals surface area (Å²) in [4.78, 5) is 1.69. The third-order valence-electron chi connectivity index (χ3n) is 4.35. The number of hydrogen-bond donors (Lipinski definition) is 0. The van der Waals surface area contributed by atoms with Crippen molar-refractivity contribution in [2.45, 2.75) is 9.79 Å². The number of hydrogen-bond acceptors (Lipinski definition) is 1. The van der Waals surface area contributed by atoms with E-state index < -0.39 is 11.2 Å². The molecule has 0 N–H and O–H groups in total. The zero-order chi connectivity index (χ0) is 17.8. The Morgan fingerprint density at radius 2 is 0.654 bits per heavy atom. The number of rotatable bonds is 2. The summed E-state index contributed by atoms with van der Waals surface area (Å²) in [6.07, 6.45) is 0. The van der Waals surface area contributed by atoms with Crippen LogP contribution in [0.25, 0.3) is 22.3 Å². The Balaban J connectivity index is 0.000000130. The Bertz CT molecular complexity index is 857. The average molecular weight is 354 g/mol. The van der Waals surface area contributed by atoms with Gasteiger partial charge in [-0.1, -0.05) is 84.9 Å². The lowest BCUT2D eigenvalue weighted by atomic mass is 9.81. The van der Waals surface area contributed by atoms with E-state index in [-0.39, 0.29) is 0 Å². The second-order valence-electron chi connectivity index (χ2n) is 5.99. The van der Waals surface area contributed by atoms with Crippen LogP contribution in [0, 0.1) is 0 Å². The highest BCUT2D eigenvalue weighted by atomic mass is 32.2. The Kier molecular flexibility index (Phi) is 4.87. The Morgan fingerprint density at radius 1 is 0.385 bits per heavy atom. The predicted molar refractivity (Wildman–Crippen MR) is 108 cm³/mol. The van der Waals surface area contributed by atoms with Gasteiger partial charge in [0.05, 0.1) is 0 Å². The van der Waals surface area contributed by atoms with Crippen LogP contribution < -0.4 is 0 Å². The molecule has 0 atom stereocenters. The minimum Gasteiger partial charge on any atom is -0.606 e. The monoisotopic (exact) mass is 354 g/mol. The topological polar surface area (TPSA) is 23.1 Å². The van der Waals surface area contributed by atoms with Gasteiger partial charge in [0.1, 0.15) is 0 Å². The second-order valence-corrected chi connectivity index (χ2v) is 7.47. The maximum absolute atomic E-state index is 12.0. The highest BCUT2D eigenvalue weighted by molar-refractivity contribution is 7.91. The molecule has 0 saturated heterocycles. The van der Waals surface area contributed by atoms with Crippen molar-refractivity contribution in [3.8, 4) is 22.3 Å². The van der Waals surface area contributed by atoms with Crippen LogP contribution in [-0.4, -0.2) is 4.55 Å². The molecule has 5 rings (SSSR count). The molecule has 1 aliphatic rings. The van der Waals surface area contributed by atoms with Crippen molar-refractivity contribution >= 4 is 11.2 Å². The smallest absolute Gasteiger partial charge is 0.158 e. The molecule has 0 aromatic heterocycles. The summed E-state index contributed by atoms with van der Waals surface area (Å²) in [6, 6.07) is 36.0. The molecule has 0 radical (unpaired) electrons.